The number of rotatable bonds is 4. The van der Waals surface area contributed by atoms with Crippen molar-refractivity contribution in [3.63, 3.8) is 0 Å². The predicted molar refractivity (Wildman–Crippen MR) is 122 cm³/mol. The van der Waals surface area contributed by atoms with Crippen LogP contribution in [-0.4, -0.2) is 19.9 Å². The Labute approximate surface area is 192 Å². The van der Waals surface area contributed by atoms with Crippen LogP contribution in [0.25, 0.3) is 33.5 Å². The fourth-order valence-electron chi connectivity index (χ4n) is 3.92. The van der Waals surface area contributed by atoms with E-state index in [1.165, 1.54) is 12.1 Å². The van der Waals surface area contributed by atoms with Gasteiger partial charge in [0, 0.05) is 29.3 Å². The summed E-state index contributed by atoms with van der Waals surface area (Å²) in [7, 11) is 0. The largest absolute Gasteiger partial charge is 0.419 e. The van der Waals surface area contributed by atoms with Gasteiger partial charge in [0.1, 0.15) is 11.6 Å². The first kappa shape index (κ1) is 21.8. The number of hydrogen-bond donors (Lipinski definition) is 1. The number of alkyl halides is 3. The molecule has 0 aliphatic rings. The van der Waals surface area contributed by atoms with Crippen LogP contribution < -0.4 is 0 Å². The molecule has 0 aliphatic heterocycles. The number of hydrogen-bond acceptors (Lipinski definition) is 3. The van der Waals surface area contributed by atoms with Gasteiger partial charge in [0.2, 0.25) is 0 Å². The molecule has 0 saturated heterocycles. The Morgan fingerprint density at radius 3 is 2.53 bits per heavy atom. The van der Waals surface area contributed by atoms with Gasteiger partial charge in [0.05, 0.1) is 28.2 Å². The van der Waals surface area contributed by atoms with E-state index in [1.807, 2.05) is 55.5 Å². The minimum Gasteiger partial charge on any atom is -0.340 e. The summed E-state index contributed by atoms with van der Waals surface area (Å²) in [6.45, 7) is 1.86. The number of nitrogens with one attached hydrogen (secondary N) is 1. The molecule has 0 amide bonds. The summed E-state index contributed by atoms with van der Waals surface area (Å²) in [5.41, 5.74) is 2.83. The van der Waals surface area contributed by atoms with Crippen LogP contribution >= 0.6 is 0 Å². The van der Waals surface area contributed by atoms with Crippen molar-refractivity contribution in [1.29, 1.82) is 0 Å². The van der Waals surface area contributed by atoms with E-state index in [0.29, 0.717) is 22.9 Å². The van der Waals surface area contributed by atoms with Gasteiger partial charge >= 0.3 is 6.18 Å². The maximum Gasteiger partial charge on any atom is 0.419 e. The fraction of sp³-hybridized carbons (Fsp3) is 0.115. The molecule has 0 atom stereocenters. The van der Waals surface area contributed by atoms with E-state index in [-0.39, 0.29) is 12.0 Å². The molecule has 3 aromatic heterocycles. The second-order valence-electron chi connectivity index (χ2n) is 7.94. The summed E-state index contributed by atoms with van der Waals surface area (Å²) in [5, 5.41) is 0.914. The van der Waals surface area contributed by atoms with Crippen molar-refractivity contribution in [2.24, 2.45) is 0 Å². The molecule has 0 fully saturated rings. The molecular formula is C26H18F4N4. The van der Waals surface area contributed by atoms with Crippen LogP contribution in [-0.2, 0) is 12.6 Å². The lowest BCUT2D eigenvalue weighted by Gasteiger charge is -2.10. The third-order valence-electron chi connectivity index (χ3n) is 5.52. The highest BCUT2D eigenvalue weighted by Crippen LogP contribution is 2.34. The average molecular weight is 462 g/mol. The van der Waals surface area contributed by atoms with Gasteiger partial charge in [0.25, 0.3) is 0 Å². The van der Waals surface area contributed by atoms with Crippen LogP contribution in [0.1, 0.15) is 22.6 Å². The number of H-pyrrole nitrogens is 1. The number of benzene rings is 2. The Hall–Kier alpha value is -4.07. The maximum atomic E-state index is 14.7. The molecule has 0 radical (unpaired) electrons. The van der Waals surface area contributed by atoms with Crippen LogP contribution in [0.15, 0.2) is 72.9 Å². The fourth-order valence-corrected chi connectivity index (χ4v) is 3.92. The van der Waals surface area contributed by atoms with Crippen LogP contribution in [0, 0.1) is 12.7 Å². The zero-order valence-corrected chi connectivity index (χ0v) is 18.0. The van der Waals surface area contributed by atoms with Gasteiger partial charge < -0.3 is 4.98 Å². The SMILES string of the molecule is Cc1cccc(-c2[nH]c(Cc3cccc(C(F)(F)F)c3F)nc2-c2ccc3ncccc3c2)n1. The predicted octanol–water partition coefficient (Wildman–Crippen LogP) is 6.74. The van der Waals surface area contributed by atoms with Crippen molar-refractivity contribution < 1.29 is 17.6 Å². The molecule has 4 nitrogen and oxygen atoms in total. The lowest BCUT2D eigenvalue weighted by Crippen LogP contribution is -2.10. The standard InChI is InChI=1S/C26H18F4N4/c1-15-5-2-9-21(32-15)25-24(18-10-11-20-16(13-18)7-4-12-31-20)33-22(34-25)14-17-6-3-8-19(23(17)27)26(28,29)30/h2-13H,14H2,1H3,(H,33,34). The topological polar surface area (TPSA) is 54.5 Å². The van der Waals surface area contributed by atoms with Gasteiger partial charge in [-0.2, -0.15) is 13.2 Å². The van der Waals surface area contributed by atoms with Crippen LogP contribution in [0.5, 0.6) is 0 Å². The maximum absolute atomic E-state index is 14.7. The van der Waals surface area contributed by atoms with Gasteiger partial charge in [-0.1, -0.05) is 30.3 Å². The molecule has 1 N–H and O–H groups in total. The monoisotopic (exact) mass is 462 g/mol. The Bertz CT molecular complexity index is 1500. The summed E-state index contributed by atoms with van der Waals surface area (Å²) in [6, 6.07) is 18.3. The summed E-state index contributed by atoms with van der Waals surface area (Å²) in [6.07, 6.45) is -3.20. The van der Waals surface area contributed by atoms with Crippen LogP contribution in [0.4, 0.5) is 17.6 Å². The van der Waals surface area contributed by atoms with Crippen molar-refractivity contribution in [1.82, 2.24) is 19.9 Å². The highest BCUT2D eigenvalue weighted by atomic mass is 19.4. The number of nitrogens with zero attached hydrogens (tertiary/aromatic N) is 3. The molecule has 0 aliphatic carbocycles. The lowest BCUT2D eigenvalue weighted by molar-refractivity contribution is -0.140. The Morgan fingerprint density at radius 1 is 0.912 bits per heavy atom. The zero-order chi connectivity index (χ0) is 23.9. The number of halogens is 4. The smallest absolute Gasteiger partial charge is 0.340 e. The summed E-state index contributed by atoms with van der Waals surface area (Å²) in [4.78, 5) is 16.7. The van der Waals surface area contributed by atoms with Gasteiger partial charge in [-0.05, 0) is 48.9 Å². The summed E-state index contributed by atoms with van der Waals surface area (Å²) < 4.78 is 54.2. The molecule has 5 aromatic rings. The Kier molecular flexibility index (Phi) is 5.36. The van der Waals surface area contributed by atoms with Crippen molar-refractivity contribution in [3.8, 4) is 22.6 Å². The molecule has 5 rings (SSSR count). The number of aromatic amines is 1. The number of pyridine rings is 2. The number of fused-ring (bicyclic) bond motifs is 1. The van der Waals surface area contributed by atoms with Crippen molar-refractivity contribution in [3.05, 3.63) is 101 Å². The highest BCUT2D eigenvalue weighted by molar-refractivity contribution is 5.86. The molecule has 34 heavy (non-hydrogen) atoms. The second kappa shape index (κ2) is 8.37. The van der Waals surface area contributed by atoms with E-state index >= 15 is 0 Å². The molecule has 2 aromatic carbocycles. The summed E-state index contributed by atoms with van der Waals surface area (Å²) >= 11 is 0. The number of aryl methyl sites for hydroxylation is 1. The molecule has 0 bridgehead atoms. The minimum absolute atomic E-state index is 0.0958. The van der Waals surface area contributed by atoms with Gasteiger partial charge in [0.15, 0.2) is 0 Å². The van der Waals surface area contributed by atoms with Crippen molar-refractivity contribution in [2.75, 3.05) is 0 Å². The third kappa shape index (κ3) is 4.14. The van der Waals surface area contributed by atoms with E-state index in [4.69, 9.17) is 0 Å². The molecular weight excluding hydrogens is 444 g/mol. The molecule has 3 heterocycles. The molecule has 0 unspecified atom stereocenters. The van der Waals surface area contributed by atoms with Crippen LogP contribution in [0.3, 0.4) is 0 Å². The summed E-state index contributed by atoms with van der Waals surface area (Å²) in [5.74, 6) is -0.960. The highest BCUT2D eigenvalue weighted by Gasteiger charge is 2.34. The van der Waals surface area contributed by atoms with E-state index in [2.05, 4.69) is 19.9 Å². The molecule has 0 spiro atoms. The Balaban J connectivity index is 1.63. The normalized spacial score (nSPS) is 11.8. The van der Waals surface area contributed by atoms with E-state index < -0.39 is 17.6 Å². The minimum atomic E-state index is -4.77. The van der Waals surface area contributed by atoms with E-state index in [9.17, 15) is 17.6 Å². The molecule has 0 saturated carbocycles. The first-order chi connectivity index (χ1) is 16.3. The van der Waals surface area contributed by atoms with Gasteiger partial charge in [-0.15, -0.1) is 0 Å². The molecule has 170 valence electrons. The Morgan fingerprint density at radius 2 is 1.74 bits per heavy atom. The van der Waals surface area contributed by atoms with Gasteiger partial charge in [-0.25, -0.2) is 9.37 Å². The number of imidazole rings is 1. The lowest BCUT2D eigenvalue weighted by atomic mass is 10.1. The third-order valence-corrected chi connectivity index (χ3v) is 5.52. The zero-order valence-electron chi connectivity index (χ0n) is 18.0. The van der Waals surface area contributed by atoms with E-state index in [0.717, 1.165) is 28.2 Å². The second-order valence-corrected chi connectivity index (χ2v) is 7.94. The van der Waals surface area contributed by atoms with Crippen molar-refractivity contribution >= 4 is 10.9 Å². The van der Waals surface area contributed by atoms with Gasteiger partial charge in [-0.3, -0.25) is 9.97 Å². The number of aromatic nitrogens is 4. The average Bonchev–Trinajstić information content (AvgIpc) is 3.23. The first-order valence-electron chi connectivity index (χ1n) is 10.5. The quantitative estimate of drug-likeness (QED) is 0.301. The van der Waals surface area contributed by atoms with E-state index in [1.54, 1.807) is 6.20 Å². The van der Waals surface area contributed by atoms with Crippen molar-refractivity contribution in [2.45, 2.75) is 19.5 Å². The molecule has 8 heteroatoms. The first-order valence-corrected chi connectivity index (χ1v) is 10.5. The van der Waals surface area contributed by atoms with Crippen LogP contribution in [0.2, 0.25) is 0 Å².